The van der Waals surface area contributed by atoms with Crippen molar-refractivity contribution < 1.29 is 0 Å². The van der Waals surface area contributed by atoms with Gasteiger partial charge in [0.2, 0.25) is 0 Å². The number of hydrogen-bond donors (Lipinski definition) is 1. The second kappa shape index (κ2) is 5.52. The lowest BCUT2D eigenvalue weighted by Crippen LogP contribution is -2.27. The van der Waals surface area contributed by atoms with E-state index in [4.69, 9.17) is 5.73 Å². The fraction of sp³-hybridized carbons (Fsp3) is 0.706. The van der Waals surface area contributed by atoms with Crippen LogP contribution in [0.15, 0.2) is 0 Å². The predicted molar refractivity (Wildman–Crippen MR) is 83.4 cm³/mol. The van der Waals surface area contributed by atoms with Crippen LogP contribution < -0.4 is 5.73 Å². The zero-order chi connectivity index (χ0) is 14.9. The highest BCUT2D eigenvalue weighted by atomic mass is 15.1. The largest absolute Gasteiger partial charge is 0.384 e. The second-order valence-corrected chi connectivity index (χ2v) is 6.97. The van der Waals surface area contributed by atoms with E-state index >= 15 is 0 Å². The summed E-state index contributed by atoms with van der Waals surface area (Å²) in [5.41, 5.74) is 9.48. The third-order valence-electron chi connectivity index (χ3n) is 4.98. The minimum absolute atomic E-state index is 0.380. The van der Waals surface area contributed by atoms with Crippen LogP contribution in [0.25, 0.3) is 0 Å². The van der Waals surface area contributed by atoms with Crippen LogP contribution in [-0.4, -0.2) is 4.57 Å². The van der Waals surface area contributed by atoms with Crippen LogP contribution in [0.1, 0.15) is 62.8 Å². The molecule has 0 saturated heterocycles. The Morgan fingerprint density at radius 3 is 2.35 bits per heavy atom. The Kier molecular flexibility index (Phi) is 4.13. The Hall–Kier alpha value is -1.43. The van der Waals surface area contributed by atoms with E-state index in [-0.39, 0.29) is 0 Å². The quantitative estimate of drug-likeness (QED) is 0.895. The first-order valence-corrected chi connectivity index (χ1v) is 7.75. The van der Waals surface area contributed by atoms with Crippen molar-refractivity contribution in [1.82, 2.24) is 4.57 Å². The number of nitrogens with two attached hydrogens (primary N) is 1. The molecule has 1 aliphatic carbocycles. The van der Waals surface area contributed by atoms with E-state index in [9.17, 15) is 5.26 Å². The molecule has 1 aromatic rings. The maximum absolute atomic E-state index is 9.26. The lowest BCUT2D eigenvalue weighted by Gasteiger charge is -2.32. The van der Waals surface area contributed by atoms with Crippen LogP contribution in [0, 0.1) is 36.5 Å². The van der Waals surface area contributed by atoms with Crippen molar-refractivity contribution in [3.63, 3.8) is 0 Å². The zero-order valence-electron chi connectivity index (χ0n) is 13.3. The molecule has 0 atom stereocenters. The monoisotopic (exact) mass is 273 g/mol. The topological polar surface area (TPSA) is 54.7 Å². The number of aromatic nitrogens is 1. The van der Waals surface area contributed by atoms with Crippen molar-refractivity contribution in [1.29, 1.82) is 5.26 Å². The minimum atomic E-state index is 0.380. The van der Waals surface area contributed by atoms with Crippen molar-refractivity contribution >= 4 is 5.82 Å². The highest BCUT2D eigenvalue weighted by molar-refractivity contribution is 5.57. The molecule has 2 rings (SSSR count). The standard InChI is InChI=1S/C17H27N3/c1-12(2)9-17(7-5-6-8-17)11-20-14(4)13(3)15(10-18)16(20)19/h12H,5-9,11,19H2,1-4H3. The number of hydrogen-bond acceptors (Lipinski definition) is 2. The first kappa shape index (κ1) is 15.0. The van der Waals surface area contributed by atoms with Gasteiger partial charge in [-0.05, 0) is 50.0 Å². The van der Waals surface area contributed by atoms with Gasteiger partial charge in [-0.2, -0.15) is 5.26 Å². The van der Waals surface area contributed by atoms with Crippen LogP contribution in [0.3, 0.4) is 0 Å². The Bertz CT molecular complexity index is 525. The molecule has 0 aromatic carbocycles. The number of nitriles is 1. The van der Waals surface area contributed by atoms with Crippen LogP contribution >= 0.6 is 0 Å². The van der Waals surface area contributed by atoms with Crippen molar-refractivity contribution in [2.24, 2.45) is 11.3 Å². The lowest BCUT2D eigenvalue weighted by atomic mass is 9.78. The normalized spacial score (nSPS) is 17.6. The summed E-state index contributed by atoms with van der Waals surface area (Å²) in [4.78, 5) is 0. The van der Waals surface area contributed by atoms with Crippen LogP contribution in [-0.2, 0) is 6.54 Å². The van der Waals surface area contributed by atoms with Crippen LogP contribution in [0.5, 0.6) is 0 Å². The van der Waals surface area contributed by atoms with Gasteiger partial charge in [0.15, 0.2) is 0 Å². The average molecular weight is 273 g/mol. The maximum atomic E-state index is 9.26. The molecule has 0 radical (unpaired) electrons. The summed E-state index contributed by atoms with van der Waals surface area (Å²) in [6.07, 6.45) is 6.51. The lowest BCUT2D eigenvalue weighted by molar-refractivity contribution is 0.197. The summed E-state index contributed by atoms with van der Waals surface area (Å²) < 4.78 is 2.20. The Balaban J connectivity index is 2.35. The third kappa shape index (κ3) is 2.57. The fourth-order valence-corrected chi connectivity index (χ4v) is 3.99. The van der Waals surface area contributed by atoms with Crippen LogP contribution in [0.4, 0.5) is 5.82 Å². The maximum Gasteiger partial charge on any atom is 0.122 e. The molecule has 1 aromatic heterocycles. The second-order valence-electron chi connectivity index (χ2n) is 6.97. The van der Waals surface area contributed by atoms with E-state index in [1.807, 2.05) is 6.92 Å². The summed E-state index contributed by atoms with van der Waals surface area (Å²) >= 11 is 0. The Labute approximate surface area is 122 Å². The molecule has 1 aliphatic rings. The number of nitrogens with zero attached hydrogens (tertiary/aromatic N) is 2. The molecule has 0 bridgehead atoms. The molecule has 0 unspecified atom stereocenters. The molecule has 2 N–H and O–H groups in total. The van der Waals surface area contributed by atoms with Gasteiger partial charge in [0.1, 0.15) is 11.9 Å². The summed E-state index contributed by atoms with van der Waals surface area (Å²) in [7, 11) is 0. The molecule has 0 spiro atoms. The molecule has 1 heterocycles. The molecule has 1 saturated carbocycles. The SMILES string of the molecule is Cc1c(C#N)c(N)n(CC2(CC(C)C)CCCC2)c1C. The van der Waals surface area contributed by atoms with Crippen molar-refractivity contribution in [3.05, 3.63) is 16.8 Å². The van der Waals surface area contributed by atoms with Gasteiger partial charge in [-0.15, -0.1) is 0 Å². The number of nitrogen functional groups attached to an aromatic ring is 1. The van der Waals surface area contributed by atoms with E-state index in [0.717, 1.165) is 17.8 Å². The van der Waals surface area contributed by atoms with Gasteiger partial charge in [-0.1, -0.05) is 26.7 Å². The summed E-state index contributed by atoms with van der Waals surface area (Å²) in [6.45, 7) is 9.68. The smallest absolute Gasteiger partial charge is 0.122 e. The zero-order valence-corrected chi connectivity index (χ0v) is 13.3. The van der Waals surface area contributed by atoms with E-state index in [1.54, 1.807) is 0 Å². The van der Waals surface area contributed by atoms with Gasteiger partial charge >= 0.3 is 0 Å². The number of anilines is 1. The summed E-state index contributed by atoms with van der Waals surface area (Å²) in [5.74, 6) is 1.37. The molecule has 3 nitrogen and oxygen atoms in total. The van der Waals surface area contributed by atoms with Crippen molar-refractivity contribution in [3.8, 4) is 6.07 Å². The minimum Gasteiger partial charge on any atom is -0.384 e. The van der Waals surface area contributed by atoms with Gasteiger partial charge in [0.05, 0.1) is 5.56 Å². The predicted octanol–water partition coefficient (Wildman–Crippen LogP) is 4.17. The van der Waals surface area contributed by atoms with Gasteiger partial charge in [-0.3, -0.25) is 0 Å². The van der Waals surface area contributed by atoms with E-state index in [2.05, 4.69) is 31.4 Å². The first-order chi connectivity index (χ1) is 9.40. The van der Waals surface area contributed by atoms with Gasteiger partial charge in [-0.25, -0.2) is 0 Å². The van der Waals surface area contributed by atoms with Gasteiger partial charge in [0, 0.05) is 12.2 Å². The summed E-state index contributed by atoms with van der Waals surface area (Å²) in [6, 6.07) is 2.26. The average Bonchev–Trinajstić information content (AvgIpc) is 2.89. The molecule has 20 heavy (non-hydrogen) atoms. The van der Waals surface area contributed by atoms with Crippen LogP contribution in [0.2, 0.25) is 0 Å². The fourth-order valence-electron chi connectivity index (χ4n) is 3.99. The molecule has 0 amide bonds. The Morgan fingerprint density at radius 2 is 1.90 bits per heavy atom. The van der Waals surface area contributed by atoms with E-state index < -0.39 is 0 Å². The number of rotatable bonds is 4. The molecular weight excluding hydrogens is 246 g/mol. The van der Waals surface area contributed by atoms with E-state index in [0.29, 0.717) is 22.7 Å². The molecule has 0 aliphatic heterocycles. The molecule has 1 fully saturated rings. The highest BCUT2D eigenvalue weighted by Gasteiger charge is 2.36. The molecule has 3 heteroatoms. The molecule has 110 valence electrons. The molecular formula is C17H27N3. The third-order valence-corrected chi connectivity index (χ3v) is 4.98. The van der Waals surface area contributed by atoms with Crippen molar-refractivity contribution in [2.75, 3.05) is 5.73 Å². The van der Waals surface area contributed by atoms with E-state index in [1.165, 1.54) is 32.1 Å². The summed E-state index contributed by atoms with van der Waals surface area (Å²) in [5, 5.41) is 9.26. The van der Waals surface area contributed by atoms with Crippen molar-refractivity contribution in [2.45, 2.75) is 66.3 Å². The van der Waals surface area contributed by atoms with Gasteiger partial charge in [0.25, 0.3) is 0 Å². The highest BCUT2D eigenvalue weighted by Crippen LogP contribution is 2.45. The van der Waals surface area contributed by atoms with Gasteiger partial charge < -0.3 is 10.3 Å². The first-order valence-electron chi connectivity index (χ1n) is 7.75. The Morgan fingerprint density at radius 1 is 1.30 bits per heavy atom.